The van der Waals surface area contributed by atoms with Crippen molar-refractivity contribution in [1.29, 1.82) is 0 Å². The molecule has 1 saturated heterocycles. The van der Waals surface area contributed by atoms with Crippen LogP contribution in [0.5, 0.6) is 0 Å². The van der Waals surface area contributed by atoms with E-state index in [1.807, 2.05) is 24.3 Å². The summed E-state index contributed by atoms with van der Waals surface area (Å²) in [5, 5.41) is 9.18. The van der Waals surface area contributed by atoms with Crippen LogP contribution in [0.4, 0.5) is 27.6 Å². The molecule has 0 unspecified atom stereocenters. The SMILES string of the molecule is O=C(O)c1ccc(N(Cc2ccc(C3CCOCC3)cc2)C(=O)CNSc2c(F)c(F)c(F)c(F)c2F)cc1. The fraction of sp³-hybridized carbons (Fsp3) is 0.259. The number of hydrogen-bond acceptors (Lipinski definition) is 5. The topological polar surface area (TPSA) is 78.9 Å². The van der Waals surface area contributed by atoms with Crippen LogP contribution in [0.25, 0.3) is 0 Å². The van der Waals surface area contributed by atoms with Crippen LogP contribution in [0.2, 0.25) is 0 Å². The van der Waals surface area contributed by atoms with E-state index in [2.05, 4.69) is 4.72 Å². The molecule has 1 aliphatic rings. The number of hydrogen-bond donors (Lipinski definition) is 2. The van der Waals surface area contributed by atoms with Gasteiger partial charge in [0.05, 0.1) is 18.7 Å². The number of amides is 1. The van der Waals surface area contributed by atoms with E-state index < -0.39 is 52.4 Å². The largest absolute Gasteiger partial charge is 0.478 e. The van der Waals surface area contributed by atoms with Crippen molar-refractivity contribution in [2.75, 3.05) is 24.7 Å². The lowest BCUT2D eigenvalue weighted by Crippen LogP contribution is -2.36. The molecule has 1 amide bonds. The standard InChI is InChI=1S/C27H23F5N2O4S/c28-21-22(29)24(31)26(25(32)23(21)30)39-33-13-20(35)34(19-7-5-18(6-8-19)27(36)37)14-15-1-3-16(4-2-15)17-9-11-38-12-10-17/h1-8,17,33H,9-14H2,(H,36,37). The summed E-state index contributed by atoms with van der Waals surface area (Å²) in [7, 11) is 0. The molecule has 1 heterocycles. The van der Waals surface area contributed by atoms with Gasteiger partial charge in [0.15, 0.2) is 23.3 Å². The van der Waals surface area contributed by atoms with E-state index in [1.54, 1.807) is 0 Å². The summed E-state index contributed by atoms with van der Waals surface area (Å²) >= 11 is 0.0999. The van der Waals surface area contributed by atoms with Gasteiger partial charge < -0.3 is 14.7 Å². The molecule has 3 aromatic carbocycles. The molecule has 1 fully saturated rings. The van der Waals surface area contributed by atoms with Crippen LogP contribution in [0.3, 0.4) is 0 Å². The van der Waals surface area contributed by atoms with Crippen LogP contribution in [0.1, 0.15) is 40.2 Å². The van der Waals surface area contributed by atoms with Crippen LogP contribution in [-0.2, 0) is 16.1 Å². The fourth-order valence-corrected chi connectivity index (χ4v) is 4.85. The summed E-state index contributed by atoms with van der Waals surface area (Å²) in [6.07, 6.45) is 1.82. The predicted molar refractivity (Wildman–Crippen MR) is 134 cm³/mol. The number of carboxylic acids is 1. The van der Waals surface area contributed by atoms with Crippen molar-refractivity contribution in [1.82, 2.24) is 4.72 Å². The first-order chi connectivity index (χ1) is 18.7. The van der Waals surface area contributed by atoms with E-state index in [9.17, 15) is 36.6 Å². The van der Waals surface area contributed by atoms with Gasteiger partial charge in [-0.25, -0.2) is 26.7 Å². The molecule has 0 bridgehead atoms. The molecule has 4 rings (SSSR count). The highest BCUT2D eigenvalue weighted by Gasteiger charge is 2.27. The number of benzene rings is 3. The minimum atomic E-state index is -2.27. The molecular formula is C27H23F5N2O4S. The minimum absolute atomic E-state index is 0.00644. The van der Waals surface area contributed by atoms with Gasteiger partial charge in [-0.05, 0) is 66.1 Å². The maximum atomic E-state index is 14.0. The average Bonchev–Trinajstić information content (AvgIpc) is 2.96. The summed E-state index contributed by atoms with van der Waals surface area (Å²) in [5.74, 6) is -11.8. The average molecular weight is 567 g/mol. The molecule has 0 radical (unpaired) electrons. The number of carbonyl (C=O) groups excluding carboxylic acids is 1. The zero-order valence-corrected chi connectivity index (χ0v) is 21.2. The Hall–Kier alpha value is -3.48. The van der Waals surface area contributed by atoms with Gasteiger partial charge in [-0.3, -0.25) is 9.52 Å². The van der Waals surface area contributed by atoms with Crippen LogP contribution in [-0.4, -0.2) is 36.7 Å². The fourth-order valence-electron chi connectivity index (χ4n) is 4.16. The summed E-state index contributed by atoms with van der Waals surface area (Å²) in [6, 6.07) is 13.2. The maximum absolute atomic E-state index is 14.0. The highest BCUT2D eigenvalue weighted by molar-refractivity contribution is 7.97. The Morgan fingerprint density at radius 3 is 2.00 bits per heavy atom. The normalized spacial score (nSPS) is 13.9. The molecule has 0 atom stereocenters. The lowest BCUT2D eigenvalue weighted by atomic mass is 9.91. The first-order valence-electron chi connectivity index (χ1n) is 11.9. The zero-order chi connectivity index (χ0) is 28.1. The van der Waals surface area contributed by atoms with E-state index in [-0.39, 0.29) is 24.1 Å². The van der Waals surface area contributed by atoms with Crippen molar-refractivity contribution in [3.8, 4) is 0 Å². The molecule has 0 aromatic heterocycles. The second-order valence-corrected chi connectivity index (χ2v) is 9.68. The quantitative estimate of drug-likeness (QED) is 0.148. The molecule has 2 N–H and O–H groups in total. The number of rotatable bonds is 9. The van der Waals surface area contributed by atoms with Gasteiger partial charge in [-0.1, -0.05) is 24.3 Å². The molecule has 0 saturated carbocycles. The Balaban J connectivity index is 1.51. The Kier molecular flexibility index (Phi) is 9.20. The van der Waals surface area contributed by atoms with Crippen molar-refractivity contribution < 1.29 is 41.4 Å². The molecule has 12 heteroatoms. The Morgan fingerprint density at radius 2 is 1.44 bits per heavy atom. The third kappa shape index (κ3) is 6.57. The van der Waals surface area contributed by atoms with Gasteiger partial charge in [0.2, 0.25) is 11.7 Å². The van der Waals surface area contributed by atoms with E-state index in [0.29, 0.717) is 24.8 Å². The molecule has 1 aliphatic heterocycles. The number of aromatic carboxylic acids is 1. The second kappa shape index (κ2) is 12.6. The van der Waals surface area contributed by atoms with E-state index >= 15 is 0 Å². The number of anilines is 1. The smallest absolute Gasteiger partial charge is 0.335 e. The predicted octanol–water partition coefficient (Wildman–Crippen LogP) is 5.80. The van der Waals surface area contributed by atoms with Crippen molar-refractivity contribution in [3.05, 3.63) is 94.3 Å². The summed E-state index contributed by atoms with van der Waals surface area (Å²) < 4.78 is 76.0. The number of carboxylic acid groups (broad SMARTS) is 1. The van der Waals surface area contributed by atoms with E-state index in [0.717, 1.165) is 24.0 Å². The van der Waals surface area contributed by atoms with Crippen molar-refractivity contribution >= 4 is 29.5 Å². The molecular weight excluding hydrogens is 543 g/mol. The van der Waals surface area contributed by atoms with Gasteiger partial charge in [-0.15, -0.1) is 0 Å². The maximum Gasteiger partial charge on any atom is 0.335 e. The summed E-state index contributed by atoms with van der Waals surface area (Å²) in [4.78, 5) is 24.5. The lowest BCUT2D eigenvalue weighted by molar-refractivity contribution is -0.117. The highest BCUT2D eigenvalue weighted by Crippen LogP contribution is 2.30. The second-order valence-electron chi connectivity index (χ2n) is 8.78. The molecule has 0 aliphatic carbocycles. The zero-order valence-electron chi connectivity index (χ0n) is 20.4. The Morgan fingerprint density at radius 1 is 0.872 bits per heavy atom. The monoisotopic (exact) mass is 566 g/mol. The molecule has 39 heavy (non-hydrogen) atoms. The van der Waals surface area contributed by atoms with Crippen LogP contribution in [0.15, 0.2) is 53.4 Å². The number of nitrogens with one attached hydrogen (secondary N) is 1. The van der Waals surface area contributed by atoms with Crippen molar-refractivity contribution in [2.45, 2.75) is 30.2 Å². The van der Waals surface area contributed by atoms with Gasteiger partial charge in [0, 0.05) is 18.9 Å². The van der Waals surface area contributed by atoms with Crippen LogP contribution < -0.4 is 9.62 Å². The van der Waals surface area contributed by atoms with Crippen LogP contribution in [0, 0.1) is 29.1 Å². The molecule has 3 aromatic rings. The lowest BCUT2D eigenvalue weighted by Gasteiger charge is -2.25. The number of halogens is 5. The first-order valence-corrected chi connectivity index (χ1v) is 12.7. The van der Waals surface area contributed by atoms with Gasteiger partial charge >= 0.3 is 5.97 Å². The first kappa shape index (κ1) is 28.5. The van der Waals surface area contributed by atoms with E-state index in [1.165, 1.54) is 29.2 Å². The van der Waals surface area contributed by atoms with Gasteiger partial charge in [0.25, 0.3) is 0 Å². The third-order valence-electron chi connectivity index (χ3n) is 6.31. The van der Waals surface area contributed by atoms with Gasteiger partial charge in [-0.2, -0.15) is 0 Å². The highest BCUT2D eigenvalue weighted by atomic mass is 32.2. The van der Waals surface area contributed by atoms with Crippen molar-refractivity contribution in [2.24, 2.45) is 0 Å². The molecule has 6 nitrogen and oxygen atoms in total. The number of carbonyl (C=O) groups is 2. The van der Waals surface area contributed by atoms with E-state index in [4.69, 9.17) is 4.74 Å². The van der Waals surface area contributed by atoms with Gasteiger partial charge in [0.1, 0.15) is 4.90 Å². The summed E-state index contributed by atoms with van der Waals surface area (Å²) in [6.45, 7) is 0.924. The van der Waals surface area contributed by atoms with Crippen LogP contribution >= 0.6 is 11.9 Å². The minimum Gasteiger partial charge on any atom is -0.478 e. The number of ether oxygens (including phenoxy) is 1. The Bertz CT molecular complexity index is 1320. The molecule has 206 valence electrons. The number of nitrogens with zero attached hydrogens (tertiary/aromatic N) is 1. The van der Waals surface area contributed by atoms with Crippen molar-refractivity contribution in [3.63, 3.8) is 0 Å². The Labute approximate surface area is 224 Å². The summed E-state index contributed by atoms with van der Waals surface area (Å²) in [5.41, 5.74) is 2.26. The third-order valence-corrected chi connectivity index (χ3v) is 7.16. The molecule has 0 spiro atoms.